The van der Waals surface area contributed by atoms with Crippen molar-refractivity contribution in [3.05, 3.63) is 51.3 Å². The summed E-state index contributed by atoms with van der Waals surface area (Å²) in [5.41, 5.74) is 9.25. The van der Waals surface area contributed by atoms with Crippen LogP contribution in [-0.2, 0) is 13.5 Å². The fourth-order valence-corrected chi connectivity index (χ4v) is 3.38. The molecule has 21 heavy (non-hydrogen) atoms. The van der Waals surface area contributed by atoms with Crippen LogP contribution in [0.25, 0.3) is 0 Å². The average molecular weight is 285 g/mol. The van der Waals surface area contributed by atoms with Crippen LogP contribution in [0, 0.1) is 34.6 Å². The molecule has 2 rings (SSSR count). The lowest BCUT2D eigenvalue weighted by molar-refractivity contribution is 0.581. The van der Waals surface area contributed by atoms with Crippen LogP contribution in [-0.4, -0.2) is 16.8 Å². The van der Waals surface area contributed by atoms with Crippen molar-refractivity contribution >= 4 is 0 Å². The molecule has 0 aliphatic heterocycles. The van der Waals surface area contributed by atoms with Gasteiger partial charge < -0.3 is 5.32 Å². The molecule has 114 valence electrons. The molecule has 1 aromatic heterocycles. The largest absolute Gasteiger partial charge is 0.313 e. The molecule has 2 aromatic rings. The average Bonchev–Trinajstić information content (AvgIpc) is 2.64. The first kappa shape index (κ1) is 15.8. The van der Waals surface area contributed by atoms with Crippen LogP contribution < -0.4 is 5.32 Å². The Morgan fingerprint density at radius 1 is 1.10 bits per heavy atom. The number of hydrogen-bond donors (Lipinski definition) is 1. The summed E-state index contributed by atoms with van der Waals surface area (Å²) in [6.45, 7) is 10.8. The number of aryl methyl sites for hydroxylation is 5. The summed E-state index contributed by atoms with van der Waals surface area (Å²) in [5.74, 6) is 0. The SMILES string of the molecule is CNC(Cc1c(C)cc(C)cc1C)c1c(C)nn(C)c1C. The number of nitrogens with zero attached hydrogens (tertiary/aromatic N) is 2. The molecule has 0 saturated heterocycles. The van der Waals surface area contributed by atoms with E-state index < -0.39 is 0 Å². The molecule has 0 bridgehead atoms. The van der Waals surface area contributed by atoms with E-state index in [4.69, 9.17) is 0 Å². The third-order valence-electron chi connectivity index (χ3n) is 4.51. The molecule has 1 aromatic carbocycles. The van der Waals surface area contributed by atoms with Crippen molar-refractivity contribution in [1.82, 2.24) is 15.1 Å². The Balaban J connectivity index is 2.41. The molecule has 0 saturated carbocycles. The summed E-state index contributed by atoms with van der Waals surface area (Å²) in [6, 6.07) is 4.86. The van der Waals surface area contributed by atoms with Gasteiger partial charge >= 0.3 is 0 Å². The summed E-state index contributed by atoms with van der Waals surface area (Å²) in [6.07, 6.45) is 1.00. The highest BCUT2D eigenvalue weighted by molar-refractivity contribution is 5.40. The topological polar surface area (TPSA) is 29.9 Å². The maximum atomic E-state index is 4.56. The highest BCUT2D eigenvalue weighted by Crippen LogP contribution is 2.27. The van der Waals surface area contributed by atoms with E-state index in [2.05, 4.69) is 57.2 Å². The minimum absolute atomic E-state index is 0.304. The number of benzene rings is 1. The number of nitrogens with one attached hydrogen (secondary N) is 1. The Labute approximate surface area is 128 Å². The lowest BCUT2D eigenvalue weighted by Gasteiger charge is -2.20. The summed E-state index contributed by atoms with van der Waals surface area (Å²) >= 11 is 0. The first-order valence-corrected chi connectivity index (χ1v) is 7.59. The van der Waals surface area contributed by atoms with E-state index in [-0.39, 0.29) is 0 Å². The summed E-state index contributed by atoms with van der Waals surface area (Å²) in [4.78, 5) is 0. The molecule has 3 nitrogen and oxygen atoms in total. The standard InChI is InChI=1S/C18H27N3/c1-11-8-12(2)16(13(3)9-11)10-17(19-6)18-14(4)20-21(7)15(18)5/h8-9,17,19H,10H2,1-7H3. The normalized spacial score (nSPS) is 12.7. The zero-order chi connectivity index (χ0) is 15.7. The highest BCUT2D eigenvalue weighted by atomic mass is 15.3. The molecular formula is C18H27N3. The van der Waals surface area contributed by atoms with E-state index >= 15 is 0 Å². The monoisotopic (exact) mass is 285 g/mol. The fraction of sp³-hybridized carbons (Fsp3) is 0.500. The number of hydrogen-bond acceptors (Lipinski definition) is 2. The lowest BCUT2D eigenvalue weighted by atomic mass is 9.91. The van der Waals surface area contributed by atoms with Crippen molar-refractivity contribution in [3.63, 3.8) is 0 Å². The molecule has 0 aliphatic carbocycles. The molecular weight excluding hydrogens is 258 g/mol. The maximum Gasteiger partial charge on any atom is 0.0644 e. The van der Waals surface area contributed by atoms with Gasteiger partial charge in [-0.3, -0.25) is 4.68 Å². The van der Waals surface area contributed by atoms with E-state index in [1.54, 1.807) is 0 Å². The van der Waals surface area contributed by atoms with Gasteiger partial charge in [-0.1, -0.05) is 17.7 Å². The lowest BCUT2D eigenvalue weighted by Crippen LogP contribution is -2.21. The number of rotatable bonds is 4. The second-order valence-corrected chi connectivity index (χ2v) is 6.13. The van der Waals surface area contributed by atoms with Gasteiger partial charge in [0.1, 0.15) is 0 Å². The molecule has 0 spiro atoms. The summed E-state index contributed by atoms with van der Waals surface area (Å²) in [7, 11) is 4.05. The van der Waals surface area contributed by atoms with Crippen molar-refractivity contribution in [2.24, 2.45) is 7.05 Å². The van der Waals surface area contributed by atoms with Crippen molar-refractivity contribution in [3.8, 4) is 0 Å². The second-order valence-electron chi connectivity index (χ2n) is 6.13. The maximum absolute atomic E-state index is 4.56. The van der Waals surface area contributed by atoms with Gasteiger partial charge in [-0.15, -0.1) is 0 Å². The van der Waals surface area contributed by atoms with Gasteiger partial charge in [0, 0.05) is 24.3 Å². The Bertz CT molecular complexity index is 630. The van der Waals surface area contributed by atoms with E-state index in [1.807, 2.05) is 18.8 Å². The van der Waals surface area contributed by atoms with Crippen molar-refractivity contribution in [2.75, 3.05) is 7.05 Å². The second kappa shape index (κ2) is 6.02. The van der Waals surface area contributed by atoms with Gasteiger partial charge in [-0.2, -0.15) is 5.10 Å². The highest BCUT2D eigenvalue weighted by Gasteiger charge is 2.20. The summed E-state index contributed by atoms with van der Waals surface area (Å²) in [5, 5.41) is 8.03. The zero-order valence-corrected chi connectivity index (χ0v) is 14.3. The first-order chi connectivity index (χ1) is 9.85. The Morgan fingerprint density at radius 3 is 2.10 bits per heavy atom. The van der Waals surface area contributed by atoms with E-state index in [0.717, 1.165) is 12.1 Å². The van der Waals surface area contributed by atoms with Crippen LogP contribution in [0.15, 0.2) is 12.1 Å². The van der Waals surface area contributed by atoms with Crippen LogP contribution in [0.3, 0.4) is 0 Å². The van der Waals surface area contributed by atoms with Gasteiger partial charge in [-0.25, -0.2) is 0 Å². The molecule has 0 aliphatic rings. The predicted molar refractivity (Wildman–Crippen MR) is 88.8 cm³/mol. The Kier molecular flexibility index (Phi) is 4.52. The molecule has 1 N–H and O–H groups in total. The minimum atomic E-state index is 0.304. The van der Waals surface area contributed by atoms with Gasteiger partial charge in [0.05, 0.1) is 5.69 Å². The fourth-order valence-electron chi connectivity index (χ4n) is 3.38. The van der Waals surface area contributed by atoms with Crippen LogP contribution in [0.4, 0.5) is 0 Å². The van der Waals surface area contributed by atoms with Crippen LogP contribution >= 0.6 is 0 Å². The Hall–Kier alpha value is -1.61. The van der Waals surface area contributed by atoms with Crippen molar-refractivity contribution < 1.29 is 0 Å². The number of aromatic nitrogens is 2. The Morgan fingerprint density at radius 2 is 1.67 bits per heavy atom. The minimum Gasteiger partial charge on any atom is -0.313 e. The summed E-state index contributed by atoms with van der Waals surface area (Å²) < 4.78 is 1.98. The van der Waals surface area contributed by atoms with Crippen LogP contribution in [0.1, 0.15) is 45.2 Å². The predicted octanol–water partition coefficient (Wildman–Crippen LogP) is 3.47. The van der Waals surface area contributed by atoms with Gasteiger partial charge in [0.2, 0.25) is 0 Å². The van der Waals surface area contributed by atoms with Crippen molar-refractivity contribution in [2.45, 2.75) is 47.1 Å². The molecule has 3 heteroatoms. The molecule has 1 unspecified atom stereocenters. The van der Waals surface area contributed by atoms with E-state index in [0.29, 0.717) is 6.04 Å². The van der Waals surface area contributed by atoms with Crippen molar-refractivity contribution in [1.29, 1.82) is 0 Å². The third-order valence-corrected chi connectivity index (χ3v) is 4.51. The number of likely N-dealkylation sites (N-methyl/N-ethyl adjacent to an activating group) is 1. The van der Waals surface area contributed by atoms with Gasteiger partial charge in [0.15, 0.2) is 0 Å². The molecule has 1 heterocycles. The van der Waals surface area contributed by atoms with Gasteiger partial charge in [-0.05, 0) is 64.8 Å². The molecule has 0 fully saturated rings. The van der Waals surface area contributed by atoms with E-state index in [9.17, 15) is 0 Å². The van der Waals surface area contributed by atoms with E-state index in [1.165, 1.54) is 33.5 Å². The van der Waals surface area contributed by atoms with Crippen LogP contribution in [0.2, 0.25) is 0 Å². The third kappa shape index (κ3) is 3.03. The van der Waals surface area contributed by atoms with Gasteiger partial charge in [0.25, 0.3) is 0 Å². The molecule has 0 radical (unpaired) electrons. The quantitative estimate of drug-likeness (QED) is 0.932. The van der Waals surface area contributed by atoms with Crippen LogP contribution in [0.5, 0.6) is 0 Å². The zero-order valence-electron chi connectivity index (χ0n) is 14.3. The molecule has 0 amide bonds. The smallest absolute Gasteiger partial charge is 0.0644 e. The molecule has 1 atom stereocenters. The first-order valence-electron chi connectivity index (χ1n) is 7.59.